The van der Waals surface area contributed by atoms with Crippen LogP contribution in [-0.4, -0.2) is 55.0 Å². The van der Waals surface area contributed by atoms with E-state index in [0.717, 1.165) is 5.56 Å². The molecular formula is C22H37N5O4. The first kappa shape index (κ1) is 26.5. The molecule has 0 aromatic heterocycles. The van der Waals surface area contributed by atoms with Crippen LogP contribution >= 0.6 is 0 Å². The molecule has 0 spiro atoms. The summed E-state index contributed by atoms with van der Waals surface area (Å²) in [6.45, 7) is 4.52. The number of hydrazine groups is 1. The number of carbonyl (C=O) groups excluding carboxylic acids is 3. The number of esters is 1. The van der Waals surface area contributed by atoms with Gasteiger partial charge in [-0.05, 0) is 37.3 Å². The number of amides is 2. The van der Waals surface area contributed by atoms with Gasteiger partial charge in [-0.15, -0.1) is 0 Å². The minimum absolute atomic E-state index is 0.0591. The van der Waals surface area contributed by atoms with Gasteiger partial charge in [-0.25, -0.2) is 5.01 Å². The van der Waals surface area contributed by atoms with E-state index in [1.54, 1.807) is 7.05 Å². The predicted octanol–water partition coefficient (Wildman–Crippen LogP) is 0.680. The molecule has 0 saturated heterocycles. The van der Waals surface area contributed by atoms with Crippen molar-refractivity contribution in [2.75, 3.05) is 20.1 Å². The minimum Gasteiger partial charge on any atom is -0.460 e. The second-order valence-corrected chi connectivity index (χ2v) is 8.11. The average Bonchev–Trinajstić information content (AvgIpc) is 2.70. The molecule has 9 heteroatoms. The number of benzene rings is 1. The van der Waals surface area contributed by atoms with Crippen molar-refractivity contribution >= 4 is 17.8 Å². The minimum atomic E-state index is -0.620. The van der Waals surface area contributed by atoms with Crippen molar-refractivity contribution in [2.45, 2.75) is 58.2 Å². The summed E-state index contributed by atoms with van der Waals surface area (Å²) >= 11 is 0. The molecule has 0 radical (unpaired) electrons. The fourth-order valence-electron chi connectivity index (χ4n) is 3.01. The second-order valence-electron chi connectivity index (χ2n) is 8.11. The average molecular weight is 436 g/mol. The third-order valence-electron chi connectivity index (χ3n) is 4.52. The lowest BCUT2D eigenvalue weighted by atomic mass is 10.0. The van der Waals surface area contributed by atoms with E-state index in [2.05, 4.69) is 10.7 Å². The standard InChI is InChI=1S/C22H37N5O4/c1-16(2)12-19(24)22(30)25-18(10-7-11-23)13-20(28)26-27(3)14-21(29)31-15-17-8-5-4-6-9-17/h4-6,8-9,16,18-19H,7,10-15,23-24H2,1-3H3,(H,25,30)(H,26,28)/t18-,19-/m0/s1. The molecule has 0 fully saturated rings. The molecule has 0 unspecified atom stereocenters. The van der Waals surface area contributed by atoms with Gasteiger partial charge in [-0.1, -0.05) is 44.2 Å². The molecule has 0 aliphatic rings. The predicted molar refractivity (Wildman–Crippen MR) is 119 cm³/mol. The molecule has 9 nitrogen and oxygen atoms in total. The first-order valence-electron chi connectivity index (χ1n) is 10.7. The van der Waals surface area contributed by atoms with E-state index in [1.165, 1.54) is 5.01 Å². The van der Waals surface area contributed by atoms with Crippen molar-refractivity contribution in [1.82, 2.24) is 15.8 Å². The number of ether oxygens (including phenoxy) is 1. The molecule has 0 heterocycles. The molecule has 174 valence electrons. The molecule has 0 aliphatic carbocycles. The Bertz CT molecular complexity index is 684. The van der Waals surface area contributed by atoms with Gasteiger partial charge in [0.15, 0.2) is 0 Å². The van der Waals surface area contributed by atoms with E-state index in [0.29, 0.717) is 31.7 Å². The number of likely N-dealkylation sites (N-methyl/N-ethyl adjacent to an activating group) is 1. The molecule has 1 aromatic rings. The molecule has 31 heavy (non-hydrogen) atoms. The lowest BCUT2D eigenvalue weighted by Gasteiger charge is -2.23. The van der Waals surface area contributed by atoms with E-state index in [4.69, 9.17) is 16.2 Å². The van der Waals surface area contributed by atoms with Gasteiger partial charge in [-0.3, -0.25) is 19.8 Å². The number of hydrogen-bond donors (Lipinski definition) is 4. The molecule has 6 N–H and O–H groups in total. The normalized spacial score (nSPS) is 13.0. The largest absolute Gasteiger partial charge is 0.460 e. The lowest BCUT2D eigenvalue weighted by molar-refractivity contribution is -0.147. The van der Waals surface area contributed by atoms with Crippen LogP contribution in [-0.2, 0) is 25.7 Å². The van der Waals surface area contributed by atoms with Crippen molar-refractivity contribution in [3.8, 4) is 0 Å². The Kier molecular flexibility index (Phi) is 12.4. The molecule has 1 aromatic carbocycles. The zero-order chi connectivity index (χ0) is 23.2. The Labute approximate surface area is 184 Å². The zero-order valence-corrected chi connectivity index (χ0v) is 18.8. The summed E-state index contributed by atoms with van der Waals surface area (Å²) in [6.07, 6.45) is 1.85. The summed E-state index contributed by atoms with van der Waals surface area (Å²) < 4.78 is 5.21. The monoisotopic (exact) mass is 435 g/mol. The topological polar surface area (TPSA) is 140 Å². The maximum Gasteiger partial charge on any atom is 0.322 e. The van der Waals surface area contributed by atoms with E-state index < -0.39 is 12.0 Å². The van der Waals surface area contributed by atoms with Crippen molar-refractivity contribution < 1.29 is 19.1 Å². The Morgan fingerprint density at radius 1 is 1.16 bits per heavy atom. The zero-order valence-electron chi connectivity index (χ0n) is 18.8. The van der Waals surface area contributed by atoms with Gasteiger partial charge in [0.05, 0.1) is 6.04 Å². The number of rotatable bonds is 14. The van der Waals surface area contributed by atoms with Gasteiger partial charge >= 0.3 is 5.97 Å². The molecular weight excluding hydrogens is 398 g/mol. The van der Waals surface area contributed by atoms with Crippen molar-refractivity contribution in [2.24, 2.45) is 17.4 Å². The fourth-order valence-corrected chi connectivity index (χ4v) is 3.01. The van der Waals surface area contributed by atoms with Crippen LogP contribution in [0.25, 0.3) is 0 Å². The smallest absolute Gasteiger partial charge is 0.322 e. The van der Waals surface area contributed by atoms with E-state index in [9.17, 15) is 14.4 Å². The lowest BCUT2D eigenvalue weighted by Crippen LogP contribution is -2.49. The van der Waals surface area contributed by atoms with Crippen molar-refractivity contribution in [1.29, 1.82) is 0 Å². The van der Waals surface area contributed by atoms with Crippen LogP contribution in [0.15, 0.2) is 30.3 Å². The number of nitrogens with one attached hydrogen (secondary N) is 2. The highest BCUT2D eigenvalue weighted by molar-refractivity contribution is 5.83. The third-order valence-corrected chi connectivity index (χ3v) is 4.52. The Hall–Kier alpha value is -2.49. The van der Waals surface area contributed by atoms with Crippen molar-refractivity contribution in [3.63, 3.8) is 0 Å². The van der Waals surface area contributed by atoms with Crippen LogP contribution < -0.4 is 22.2 Å². The summed E-state index contributed by atoms with van der Waals surface area (Å²) in [7, 11) is 1.58. The van der Waals surface area contributed by atoms with E-state index in [-0.39, 0.29) is 37.4 Å². The van der Waals surface area contributed by atoms with Crippen LogP contribution in [0.2, 0.25) is 0 Å². The van der Waals surface area contributed by atoms with Gasteiger partial charge < -0.3 is 21.5 Å². The van der Waals surface area contributed by atoms with Crippen LogP contribution in [0.1, 0.15) is 45.1 Å². The van der Waals surface area contributed by atoms with E-state index >= 15 is 0 Å². The Morgan fingerprint density at radius 3 is 2.45 bits per heavy atom. The number of nitrogens with zero attached hydrogens (tertiary/aromatic N) is 1. The molecule has 2 amide bonds. The Balaban J connectivity index is 2.46. The van der Waals surface area contributed by atoms with Crippen LogP contribution in [0.3, 0.4) is 0 Å². The van der Waals surface area contributed by atoms with Gasteiger partial charge in [0.25, 0.3) is 0 Å². The first-order valence-corrected chi connectivity index (χ1v) is 10.7. The first-order chi connectivity index (χ1) is 14.7. The summed E-state index contributed by atoms with van der Waals surface area (Å²) in [5.74, 6) is -0.763. The van der Waals surface area contributed by atoms with Gasteiger partial charge in [0.2, 0.25) is 11.8 Å². The molecule has 0 saturated carbocycles. The maximum absolute atomic E-state index is 12.4. The number of nitrogens with two attached hydrogens (primary N) is 2. The Morgan fingerprint density at radius 2 is 1.84 bits per heavy atom. The van der Waals surface area contributed by atoms with Crippen LogP contribution in [0.5, 0.6) is 0 Å². The molecule has 0 bridgehead atoms. The molecule has 1 rings (SSSR count). The van der Waals surface area contributed by atoms with Crippen LogP contribution in [0, 0.1) is 5.92 Å². The van der Waals surface area contributed by atoms with Crippen molar-refractivity contribution in [3.05, 3.63) is 35.9 Å². The maximum atomic E-state index is 12.4. The van der Waals surface area contributed by atoms with Gasteiger partial charge in [-0.2, -0.15) is 0 Å². The third kappa shape index (κ3) is 12.1. The van der Waals surface area contributed by atoms with E-state index in [1.807, 2.05) is 44.2 Å². The highest BCUT2D eigenvalue weighted by atomic mass is 16.5. The summed E-state index contributed by atoms with van der Waals surface area (Å²) in [6, 6.07) is 8.34. The number of carbonyl (C=O) groups is 3. The summed E-state index contributed by atoms with van der Waals surface area (Å²) in [5.41, 5.74) is 15.0. The second kappa shape index (κ2) is 14.5. The molecule has 0 aliphatic heterocycles. The molecule has 2 atom stereocenters. The SMILES string of the molecule is CC(C)C[C@H](N)C(=O)N[C@@H](CCCN)CC(=O)NN(C)CC(=O)OCc1ccccc1. The van der Waals surface area contributed by atoms with Gasteiger partial charge in [0, 0.05) is 19.5 Å². The summed E-state index contributed by atoms with van der Waals surface area (Å²) in [4.78, 5) is 36.7. The summed E-state index contributed by atoms with van der Waals surface area (Å²) in [5, 5.41) is 4.21. The number of hydrogen-bond acceptors (Lipinski definition) is 7. The van der Waals surface area contributed by atoms with Gasteiger partial charge in [0.1, 0.15) is 13.2 Å². The quantitative estimate of drug-likeness (QED) is 0.249. The highest BCUT2D eigenvalue weighted by Gasteiger charge is 2.21. The fraction of sp³-hybridized carbons (Fsp3) is 0.591. The highest BCUT2D eigenvalue weighted by Crippen LogP contribution is 2.06. The van der Waals surface area contributed by atoms with Crippen LogP contribution in [0.4, 0.5) is 0 Å².